The van der Waals surface area contributed by atoms with Crippen LogP contribution in [0.4, 0.5) is 0 Å². The Morgan fingerprint density at radius 3 is 2.31 bits per heavy atom. The summed E-state index contributed by atoms with van der Waals surface area (Å²) >= 11 is 0. The molecule has 0 aromatic heterocycles. The first kappa shape index (κ1) is 19.3. The van der Waals surface area contributed by atoms with Crippen molar-refractivity contribution in [3.8, 4) is 0 Å². The van der Waals surface area contributed by atoms with Crippen molar-refractivity contribution in [3.63, 3.8) is 0 Å². The lowest BCUT2D eigenvalue weighted by molar-refractivity contribution is -0.133. The second kappa shape index (κ2) is 7.66. The number of sulfonamides is 1. The summed E-state index contributed by atoms with van der Waals surface area (Å²) in [5, 5.41) is 0. The molecule has 3 rings (SSSR count). The Hall–Kier alpha value is -1.45. The second-order valence-corrected chi connectivity index (χ2v) is 11.2. The van der Waals surface area contributed by atoms with Gasteiger partial charge in [-0.15, -0.1) is 0 Å². The molecule has 0 saturated carbocycles. The van der Waals surface area contributed by atoms with Gasteiger partial charge in [0.1, 0.15) is 0 Å². The van der Waals surface area contributed by atoms with Gasteiger partial charge in [0.25, 0.3) is 0 Å². The molecule has 144 valence electrons. The van der Waals surface area contributed by atoms with Crippen LogP contribution in [0.5, 0.6) is 0 Å². The van der Waals surface area contributed by atoms with Crippen LogP contribution in [-0.4, -0.2) is 69.6 Å². The number of carbonyl (C=O) groups excluding carboxylic acids is 1. The van der Waals surface area contributed by atoms with Gasteiger partial charge in [-0.25, -0.2) is 16.8 Å². The predicted molar refractivity (Wildman–Crippen MR) is 98.6 cm³/mol. The summed E-state index contributed by atoms with van der Waals surface area (Å²) in [6, 6.07) is 9.03. The zero-order valence-corrected chi connectivity index (χ0v) is 16.2. The van der Waals surface area contributed by atoms with Crippen molar-refractivity contribution in [2.45, 2.75) is 18.6 Å². The van der Waals surface area contributed by atoms with Crippen molar-refractivity contribution in [1.82, 2.24) is 9.21 Å². The fraction of sp³-hybridized carbons (Fsp3) is 0.588. The van der Waals surface area contributed by atoms with Crippen molar-refractivity contribution in [3.05, 3.63) is 35.9 Å². The lowest BCUT2D eigenvalue weighted by Crippen LogP contribution is -2.51. The molecule has 2 aliphatic heterocycles. The van der Waals surface area contributed by atoms with Gasteiger partial charge < -0.3 is 4.90 Å². The molecule has 2 saturated heterocycles. The number of amides is 1. The molecule has 1 aromatic rings. The zero-order valence-electron chi connectivity index (χ0n) is 14.6. The molecule has 0 N–H and O–H groups in total. The van der Waals surface area contributed by atoms with Gasteiger partial charge >= 0.3 is 0 Å². The number of rotatable bonds is 5. The first-order valence-electron chi connectivity index (χ1n) is 8.75. The molecule has 1 atom stereocenters. The molecule has 1 aromatic carbocycles. The fourth-order valence-corrected chi connectivity index (χ4v) is 6.88. The molecule has 2 heterocycles. The second-order valence-electron chi connectivity index (χ2n) is 6.99. The Bertz CT molecular complexity index is 844. The third kappa shape index (κ3) is 4.83. The minimum Gasteiger partial charge on any atom is -0.340 e. The Balaban J connectivity index is 1.51. The average Bonchev–Trinajstić information content (AvgIpc) is 2.94. The van der Waals surface area contributed by atoms with Crippen molar-refractivity contribution in [2.75, 3.05) is 37.7 Å². The van der Waals surface area contributed by atoms with Crippen LogP contribution in [0.3, 0.4) is 0 Å². The summed E-state index contributed by atoms with van der Waals surface area (Å²) in [7, 11) is -6.40. The van der Waals surface area contributed by atoms with Gasteiger partial charge in [-0.2, -0.15) is 4.31 Å². The standard InChI is InChI=1S/C17H24N2O5S2/c20-17(12-16-6-11-25(21,22)13-16)18-7-9-19(10-8-18)26(23,24)14-15-4-2-1-3-5-15/h1-5,16H,6-14H2/t16-/m0/s1. The number of benzene rings is 1. The van der Waals surface area contributed by atoms with E-state index in [-0.39, 0.29) is 48.6 Å². The Kier molecular flexibility index (Phi) is 5.69. The molecule has 7 nitrogen and oxygen atoms in total. The van der Waals surface area contributed by atoms with Gasteiger partial charge in [0.05, 0.1) is 17.3 Å². The minimum atomic E-state index is -3.41. The van der Waals surface area contributed by atoms with E-state index in [1.54, 1.807) is 17.0 Å². The molecular weight excluding hydrogens is 376 g/mol. The average molecular weight is 401 g/mol. The summed E-state index contributed by atoms with van der Waals surface area (Å²) in [5.41, 5.74) is 0.744. The molecule has 9 heteroatoms. The van der Waals surface area contributed by atoms with Crippen molar-refractivity contribution in [1.29, 1.82) is 0 Å². The maximum Gasteiger partial charge on any atom is 0.222 e. The van der Waals surface area contributed by atoms with Gasteiger partial charge in [-0.05, 0) is 17.9 Å². The molecule has 2 fully saturated rings. The maximum atomic E-state index is 12.5. The Labute approximate surface area is 155 Å². The summed E-state index contributed by atoms with van der Waals surface area (Å²) in [4.78, 5) is 14.0. The van der Waals surface area contributed by atoms with E-state index in [0.717, 1.165) is 5.56 Å². The van der Waals surface area contributed by atoms with Gasteiger partial charge in [0, 0.05) is 32.6 Å². The quantitative estimate of drug-likeness (QED) is 0.717. The maximum absolute atomic E-state index is 12.5. The molecule has 2 aliphatic rings. The molecule has 0 bridgehead atoms. The molecule has 0 radical (unpaired) electrons. The Morgan fingerprint density at radius 2 is 1.73 bits per heavy atom. The highest BCUT2D eigenvalue weighted by molar-refractivity contribution is 7.91. The summed E-state index contributed by atoms with van der Waals surface area (Å²) in [5.74, 6) is 0.0297. The third-order valence-corrected chi connectivity index (χ3v) is 8.65. The number of hydrogen-bond donors (Lipinski definition) is 0. The van der Waals surface area contributed by atoms with Crippen LogP contribution in [0.1, 0.15) is 18.4 Å². The molecule has 26 heavy (non-hydrogen) atoms. The third-order valence-electron chi connectivity index (χ3n) is 4.97. The van der Waals surface area contributed by atoms with Crippen LogP contribution >= 0.6 is 0 Å². The van der Waals surface area contributed by atoms with Gasteiger partial charge in [0.2, 0.25) is 15.9 Å². The predicted octanol–water partition coefficient (Wildman–Crippen LogP) is 0.485. The van der Waals surface area contributed by atoms with Crippen LogP contribution in [0.15, 0.2) is 30.3 Å². The number of carbonyl (C=O) groups is 1. The van der Waals surface area contributed by atoms with Crippen molar-refractivity contribution >= 4 is 25.8 Å². The molecule has 0 unspecified atom stereocenters. The molecule has 1 amide bonds. The Morgan fingerprint density at radius 1 is 1.08 bits per heavy atom. The lowest BCUT2D eigenvalue weighted by atomic mass is 10.0. The topological polar surface area (TPSA) is 91.8 Å². The zero-order chi connectivity index (χ0) is 18.8. The number of sulfone groups is 1. The smallest absolute Gasteiger partial charge is 0.222 e. The van der Waals surface area contributed by atoms with E-state index in [9.17, 15) is 21.6 Å². The minimum absolute atomic E-state index is 0.0400. The molecular formula is C17H24N2O5S2. The van der Waals surface area contributed by atoms with Crippen molar-refractivity contribution in [2.24, 2.45) is 5.92 Å². The summed E-state index contributed by atoms with van der Waals surface area (Å²) in [6.45, 7) is 1.27. The number of hydrogen-bond acceptors (Lipinski definition) is 5. The fourth-order valence-electron chi connectivity index (χ4n) is 3.50. The van der Waals surface area contributed by atoms with Gasteiger partial charge in [-0.3, -0.25) is 4.79 Å². The molecule has 0 spiro atoms. The van der Waals surface area contributed by atoms with Crippen LogP contribution in [-0.2, 0) is 30.4 Å². The van der Waals surface area contributed by atoms with E-state index in [1.165, 1.54) is 4.31 Å². The SMILES string of the molecule is O=C(C[C@@H]1CCS(=O)(=O)C1)N1CCN(S(=O)(=O)Cc2ccccc2)CC1. The summed E-state index contributed by atoms with van der Waals surface area (Å²) < 4.78 is 49.5. The van der Waals surface area contributed by atoms with Crippen LogP contribution in [0.2, 0.25) is 0 Å². The lowest BCUT2D eigenvalue weighted by Gasteiger charge is -2.34. The van der Waals surface area contributed by atoms with E-state index >= 15 is 0 Å². The van der Waals surface area contributed by atoms with Crippen molar-refractivity contribution < 1.29 is 21.6 Å². The highest BCUT2D eigenvalue weighted by Crippen LogP contribution is 2.23. The van der Waals surface area contributed by atoms with E-state index in [4.69, 9.17) is 0 Å². The van der Waals surface area contributed by atoms with Crippen LogP contribution in [0.25, 0.3) is 0 Å². The van der Waals surface area contributed by atoms with Gasteiger partial charge in [-0.1, -0.05) is 30.3 Å². The normalized spacial score (nSPS) is 23.8. The van der Waals surface area contributed by atoms with E-state index in [2.05, 4.69) is 0 Å². The number of nitrogens with zero attached hydrogens (tertiary/aromatic N) is 2. The highest BCUT2D eigenvalue weighted by atomic mass is 32.2. The molecule has 0 aliphatic carbocycles. The van der Waals surface area contributed by atoms with E-state index < -0.39 is 19.9 Å². The summed E-state index contributed by atoms with van der Waals surface area (Å²) in [6.07, 6.45) is 0.773. The largest absolute Gasteiger partial charge is 0.340 e. The first-order chi connectivity index (χ1) is 12.3. The van der Waals surface area contributed by atoms with Crippen LogP contribution < -0.4 is 0 Å². The monoisotopic (exact) mass is 400 g/mol. The van der Waals surface area contributed by atoms with Crippen LogP contribution in [0, 0.1) is 5.92 Å². The van der Waals surface area contributed by atoms with E-state index in [1.807, 2.05) is 18.2 Å². The highest BCUT2D eigenvalue weighted by Gasteiger charge is 2.33. The van der Waals surface area contributed by atoms with E-state index in [0.29, 0.717) is 19.5 Å². The number of piperazine rings is 1. The van der Waals surface area contributed by atoms with Gasteiger partial charge in [0.15, 0.2) is 9.84 Å². The first-order valence-corrected chi connectivity index (χ1v) is 12.2.